The highest BCUT2D eigenvalue weighted by Gasteiger charge is 2.68. The maximum Gasteiger partial charge on any atom is 0.435 e. The quantitative estimate of drug-likeness (QED) is 0.239. The molecule has 0 unspecified atom stereocenters. The van der Waals surface area contributed by atoms with Gasteiger partial charge in [-0.25, -0.2) is 24.5 Å². The number of nitrogens with one attached hydrogen (secondary N) is 1. The van der Waals surface area contributed by atoms with Crippen molar-refractivity contribution >= 4 is 63.7 Å². The van der Waals surface area contributed by atoms with E-state index in [0.717, 1.165) is 16.7 Å². The molecular formula is C36H40ClN7O6. The molecule has 2 aromatic carbocycles. The van der Waals surface area contributed by atoms with Crippen molar-refractivity contribution in [3.05, 3.63) is 64.4 Å². The van der Waals surface area contributed by atoms with E-state index in [1.165, 1.54) is 15.9 Å². The predicted octanol–water partition coefficient (Wildman–Crippen LogP) is 6.86. The summed E-state index contributed by atoms with van der Waals surface area (Å²) >= 11 is 6.81. The molecule has 0 bridgehead atoms. The van der Waals surface area contributed by atoms with Crippen LogP contribution in [0.15, 0.2) is 42.7 Å². The fourth-order valence-electron chi connectivity index (χ4n) is 6.76. The summed E-state index contributed by atoms with van der Waals surface area (Å²) in [5, 5.41) is 8.78. The van der Waals surface area contributed by atoms with Gasteiger partial charge in [0.2, 0.25) is 5.91 Å². The number of ether oxygens (including phenoxy) is 3. The monoisotopic (exact) mass is 701 g/mol. The summed E-state index contributed by atoms with van der Waals surface area (Å²) < 4.78 is 18.1. The standard InChI is InChI=1S/C36H40ClN7O6/c1-20-8-11-25-23(16-20)36(31(45)43(25)32(46)49-34(2,3)4)18-24(36)21-9-10-22-26(17-21)44(33(47)50-35(5,6)7)41-28(22)40-29-27(37)30(39-19-38-29)42-12-14-48-15-13-42/h8-11,16-17,19,24H,12-15,18H2,1-7H3,(H,38,39,40,41)/t24-,36-/m0/s1. The van der Waals surface area contributed by atoms with Gasteiger partial charge in [0, 0.05) is 24.4 Å². The molecule has 7 rings (SSSR count). The summed E-state index contributed by atoms with van der Waals surface area (Å²) in [5.74, 6) is 0.648. The zero-order chi connectivity index (χ0) is 35.7. The lowest BCUT2D eigenvalue weighted by Crippen LogP contribution is -2.41. The molecule has 4 heterocycles. The number of nitrogens with zero attached hydrogens (tertiary/aromatic N) is 6. The van der Waals surface area contributed by atoms with Crippen molar-refractivity contribution in [3.8, 4) is 0 Å². The van der Waals surface area contributed by atoms with Crippen LogP contribution in [0.5, 0.6) is 0 Å². The Morgan fingerprint density at radius 2 is 1.66 bits per heavy atom. The van der Waals surface area contributed by atoms with Crippen LogP contribution in [-0.4, -0.2) is 75.3 Å². The van der Waals surface area contributed by atoms with Crippen LogP contribution in [-0.2, 0) is 24.4 Å². The first-order chi connectivity index (χ1) is 23.6. The number of imide groups is 1. The molecule has 50 heavy (non-hydrogen) atoms. The van der Waals surface area contributed by atoms with Gasteiger partial charge in [0.15, 0.2) is 17.5 Å². The van der Waals surface area contributed by atoms with E-state index >= 15 is 0 Å². The van der Waals surface area contributed by atoms with E-state index in [1.54, 1.807) is 47.6 Å². The zero-order valence-electron chi connectivity index (χ0n) is 29.2. The van der Waals surface area contributed by atoms with Crippen molar-refractivity contribution in [3.63, 3.8) is 0 Å². The van der Waals surface area contributed by atoms with Gasteiger partial charge in [-0.2, -0.15) is 4.68 Å². The number of morpholine rings is 1. The van der Waals surface area contributed by atoms with Gasteiger partial charge in [-0.15, -0.1) is 5.10 Å². The Balaban J connectivity index is 1.27. The molecule has 2 atom stereocenters. The van der Waals surface area contributed by atoms with E-state index < -0.39 is 28.8 Å². The topological polar surface area (TPSA) is 141 Å². The maximum atomic E-state index is 14.2. The van der Waals surface area contributed by atoms with Crippen molar-refractivity contribution in [2.45, 2.75) is 77.4 Å². The van der Waals surface area contributed by atoms with Crippen LogP contribution in [0.25, 0.3) is 10.9 Å². The second kappa shape index (κ2) is 11.9. The summed E-state index contributed by atoms with van der Waals surface area (Å²) in [5.41, 5.74) is 1.06. The molecule has 4 aromatic rings. The molecule has 2 fully saturated rings. The van der Waals surface area contributed by atoms with E-state index in [4.69, 9.17) is 25.8 Å². The van der Waals surface area contributed by atoms with Gasteiger partial charge < -0.3 is 24.4 Å². The third kappa shape index (κ3) is 5.91. The summed E-state index contributed by atoms with van der Waals surface area (Å²) in [4.78, 5) is 53.1. The predicted molar refractivity (Wildman–Crippen MR) is 189 cm³/mol. The molecule has 1 saturated heterocycles. The molecule has 2 amide bonds. The summed E-state index contributed by atoms with van der Waals surface area (Å²) in [6, 6.07) is 11.3. The molecule has 1 saturated carbocycles. The van der Waals surface area contributed by atoms with Crippen LogP contribution < -0.4 is 15.1 Å². The van der Waals surface area contributed by atoms with Crippen LogP contribution in [0.1, 0.15) is 70.6 Å². The number of rotatable bonds is 4. The lowest BCUT2D eigenvalue weighted by atomic mass is 9.91. The molecule has 2 aliphatic heterocycles. The van der Waals surface area contributed by atoms with Crippen molar-refractivity contribution in [1.82, 2.24) is 19.7 Å². The number of aromatic nitrogens is 4. The number of fused-ring (bicyclic) bond motifs is 3. The average Bonchev–Trinajstić information content (AvgIpc) is 3.63. The normalized spacial score (nSPS) is 20.3. The molecule has 1 aliphatic carbocycles. The lowest BCUT2D eigenvalue weighted by Gasteiger charge is -2.28. The molecule has 262 valence electrons. The van der Waals surface area contributed by atoms with Crippen LogP contribution in [0.4, 0.5) is 32.7 Å². The molecular weight excluding hydrogens is 662 g/mol. The minimum atomic E-state index is -0.950. The summed E-state index contributed by atoms with van der Waals surface area (Å²) in [7, 11) is 0. The molecule has 14 heteroatoms. The number of hydrogen-bond donors (Lipinski definition) is 1. The minimum absolute atomic E-state index is 0.266. The molecule has 0 radical (unpaired) electrons. The van der Waals surface area contributed by atoms with Gasteiger partial charge >= 0.3 is 12.2 Å². The van der Waals surface area contributed by atoms with Gasteiger partial charge in [-0.3, -0.25) is 4.79 Å². The second-order valence-electron chi connectivity index (χ2n) is 15.0. The number of carbonyl (C=O) groups excluding carboxylic acids is 3. The van der Waals surface area contributed by atoms with Gasteiger partial charge in [0.05, 0.1) is 29.8 Å². The second-order valence-corrected chi connectivity index (χ2v) is 15.3. The van der Waals surface area contributed by atoms with Crippen molar-refractivity contribution < 1.29 is 28.6 Å². The highest BCUT2D eigenvalue weighted by molar-refractivity contribution is 6.35. The van der Waals surface area contributed by atoms with E-state index in [1.807, 2.05) is 42.2 Å². The number of carbonyl (C=O) groups is 3. The Kier molecular flexibility index (Phi) is 8.06. The van der Waals surface area contributed by atoms with E-state index in [9.17, 15) is 14.4 Å². The van der Waals surface area contributed by atoms with Gasteiger partial charge in [-0.1, -0.05) is 35.4 Å². The SMILES string of the molecule is Cc1ccc2c(c1)[C@]1(C[C@H]1c1ccc3c(Nc4ncnc(N5CCOCC5)c4Cl)nn(C(=O)OC(C)(C)C)c3c1)C(=O)N2C(=O)OC(C)(C)C. The summed E-state index contributed by atoms with van der Waals surface area (Å²) in [6.45, 7) is 15.0. The zero-order valence-corrected chi connectivity index (χ0v) is 29.9. The Hall–Kier alpha value is -4.75. The van der Waals surface area contributed by atoms with Crippen LogP contribution in [0, 0.1) is 6.92 Å². The Labute approximate surface area is 294 Å². The van der Waals surface area contributed by atoms with E-state index in [-0.39, 0.29) is 11.8 Å². The Bertz CT molecular complexity index is 2040. The fourth-order valence-corrected chi connectivity index (χ4v) is 7.02. The average molecular weight is 702 g/mol. The van der Waals surface area contributed by atoms with Crippen LogP contribution >= 0.6 is 11.6 Å². The van der Waals surface area contributed by atoms with E-state index in [2.05, 4.69) is 20.4 Å². The van der Waals surface area contributed by atoms with Crippen molar-refractivity contribution in [2.24, 2.45) is 0 Å². The number of anilines is 4. The van der Waals surface area contributed by atoms with Crippen molar-refractivity contribution in [2.75, 3.05) is 41.4 Å². The molecule has 3 aliphatic rings. The maximum absolute atomic E-state index is 14.2. The fraction of sp³-hybridized carbons (Fsp3) is 0.444. The van der Waals surface area contributed by atoms with Crippen LogP contribution in [0.2, 0.25) is 5.02 Å². The smallest absolute Gasteiger partial charge is 0.435 e. The van der Waals surface area contributed by atoms with Gasteiger partial charge in [0.1, 0.15) is 22.6 Å². The van der Waals surface area contributed by atoms with Crippen molar-refractivity contribution in [1.29, 1.82) is 0 Å². The molecule has 13 nitrogen and oxygen atoms in total. The van der Waals surface area contributed by atoms with Gasteiger partial charge in [-0.05, 0) is 84.2 Å². The third-order valence-electron chi connectivity index (χ3n) is 8.99. The highest BCUT2D eigenvalue weighted by Crippen LogP contribution is 2.66. The highest BCUT2D eigenvalue weighted by atomic mass is 35.5. The number of benzene rings is 2. The summed E-state index contributed by atoms with van der Waals surface area (Å²) in [6.07, 6.45) is 0.536. The number of aryl methyl sites for hydroxylation is 1. The third-order valence-corrected chi connectivity index (χ3v) is 9.34. The largest absolute Gasteiger partial charge is 0.443 e. The Morgan fingerprint density at radius 1 is 0.960 bits per heavy atom. The first-order valence-electron chi connectivity index (χ1n) is 16.6. The molecule has 1 N–H and O–H groups in total. The minimum Gasteiger partial charge on any atom is -0.443 e. The Morgan fingerprint density at radius 3 is 2.36 bits per heavy atom. The first-order valence-corrected chi connectivity index (χ1v) is 17.0. The van der Waals surface area contributed by atoms with Crippen LogP contribution in [0.3, 0.4) is 0 Å². The lowest BCUT2D eigenvalue weighted by molar-refractivity contribution is -0.120. The number of amides is 2. The number of hydrogen-bond acceptors (Lipinski definition) is 11. The molecule has 1 spiro atoms. The first kappa shape index (κ1) is 33.7. The number of halogens is 1. The van der Waals surface area contributed by atoms with Gasteiger partial charge in [0.25, 0.3) is 0 Å². The molecule has 2 aromatic heterocycles. The van der Waals surface area contributed by atoms with E-state index in [0.29, 0.717) is 71.8 Å².